The molecule has 0 aliphatic rings. The van der Waals surface area contributed by atoms with Crippen molar-refractivity contribution in [2.24, 2.45) is 0 Å². The average molecular weight is 390 g/mol. The fraction of sp³-hybridized carbons (Fsp3) is 0.222. The Hall–Kier alpha value is -3.43. The van der Waals surface area contributed by atoms with E-state index in [1.165, 1.54) is 6.33 Å². The van der Waals surface area contributed by atoms with E-state index in [9.17, 15) is 18.0 Å². The number of aryl methyl sites for hydroxylation is 2. The maximum Gasteiger partial charge on any atom is 0.254 e. The summed E-state index contributed by atoms with van der Waals surface area (Å²) in [6.07, 6.45) is 1.38. The van der Waals surface area contributed by atoms with Crippen LogP contribution in [0.5, 0.6) is 0 Å². The van der Waals surface area contributed by atoms with Crippen LogP contribution in [0.3, 0.4) is 0 Å². The van der Waals surface area contributed by atoms with Gasteiger partial charge in [0.2, 0.25) is 0 Å². The standard InChI is InChI=1S/C18H17F3N6O/c1-10-7-11(2)27(26-10)15-8-14(24-9-25-15)22-5-6-23-18(28)12-3-4-13(19)17(21)16(12)20/h3-4,7-9H,5-6H2,1-2H3,(H,23,28)(H,22,24,25). The van der Waals surface area contributed by atoms with Gasteiger partial charge in [0, 0.05) is 24.8 Å². The van der Waals surface area contributed by atoms with Gasteiger partial charge in [-0.05, 0) is 32.0 Å². The highest BCUT2D eigenvalue weighted by Crippen LogP contribution is 2.15. The number of amides is 1. The van der Waals surface area contributed by atoms with Gasteiger partial charge in [-0.1, -0.05) is 0 Å². The van der Waals surface area contributed by atoms with E-state index in [-0.39, 0.29) is 13.1 Å². The lowest BCUT2D eigenvalue weighted by Crippen LogP contribution is -2.30. The summed E-state index contributed by atoms with van der Waals surface area (Å²) in [6, 6.07) is 5.20. The largest absolute Gasteiger partial charge is 0.368 e. The maximum atomic E-state index is 13.6. The first-order chi connectivity index (χ1) is 13.4. The summed E-state index contributed by atoms with van der Waals surface area (Å²) < 4.78 is 41.4. The fourth-order valence-electron chi connectivity index (χ4n) is 2.58. The monoisotopic (exact) mass is 390 g/mol. The number of anilines is 1. The molecule has 0 aliphatic heterocycles. The molecule has 0 unspecified atom stereocenters. The van der Waals surface area contributed by atoms with E-state index in [2.05, 4.69) is 25.7 Å². The van der Waals surface area contributed by atoms with Crippen LogP contribution in [0.1, 0.15) is 21.7 Å². The number of halogens is 3. The van der Waals surface area contributed by atoms with Crippen LogP contribution >= 0.6 is 0 Å². The third kappa shape index (κ3) is 4.11. The highest BCUT2D eigenvalue weighted by molar-refractivity contribution is 5.94. The molecule has 0 bridgehead atoms. The van der Waals surface area contributed by atoms with E-state index in [4.69, 9.17) is 0 Å². The van der Waals surface area contributed by atoms with Crippen LogP contribution in [0.4, 0.5) is 19.0 Å². The number of aromatic nitrogens is 4. The lowest BCUT2D eigenvalue weighted by atomic mass is 10.2. The predicted octanol–water partition coefficient (Wildman–Crippen LogP) is 2.54. The second-order valence-corrected chi connectivity index (χ2v) is 6.01. The van der Waals surface area contributed by atoms with Crippen molar-refractivity contribution in [2.75, 3.05) is 18.4 Å². The smallest absolute Gasteiger partial charge is 0.254 e. The Labute approximate surface area is 158 Å². The number of nitrogens with one attached hydrogen (secondary N) is 2. The Kier molecular flexibility index (Phi) is 5.57. The SMILES string of the molecule is Cc1cc(C)n(-c2cc(NCCNC(=O)c3ccc(F)c(F)c3F)ncn2)n1. The molecule has 1 amide bonds. The summed E-state index contributed by atoms with van der Waals surface area (Å²) in [4.78, 5) is 20.2. The number of carbonyl (C=O) groups excluding carboxylic acids is 1. The van der Waals surface area contributed by atoms with Crippen molar-refractivity contribution in [1.29, 1.82) is 0 Å². The van der Waals surface area contributed by atoms with Crippen molar-refractivity contribution in [3.8, 4) is 5.82 Å². The Morgan fingerprint density at radius 1 is 1.07 bits per heavy atom. The molecule has 7 nitrogen and oxygen atoms in total. The van der Waals surface area contributed by atoms with E-state index in [1.54, 1.807) is 10.7 Å². The normalized spacial score (nSPS) is 10.8. The summed E-state index contributed by atoms with van der Waals surface area (Å²) >= 11 is 0. The number of hydrogen-bond donors (Lipinski definition) is 2. The zero-order valence-corrected chi connectivity index (χ0v) is 15.1. The van der Waals surface area contributed by atoms with Crippen molar-refractivity contribution >= 4 is 11.7 Å². The van der Waals surface area contributed by atoms with Crippen LogP contribution in [0.2, 0.25) is 0 Å². The summed E-state index contributed by atoms with van der Waals surface area (Å²) in [6.45, 7) is 4.16. The van der Waals surface area contributed by atoms with Crippen LogP contribution in [-0.2, 0) is 0 Å². The number of rotatable bonds is 6. The second-order valence-electron chi connectivity index (χ2n) is 6.01. The van der Waals surface area contributed by atoms with Gasteiger partial charge in [0.1, 0.15) is 12.1 Å². The molecule has 0 saturated heterocycles. The summed E-state index contributed by atoms with van der Waals surface area (Å²) in [5.41, 5.74) is 1.22. The highest BCUT2D eigenvalue weighted by Gasteiger charge is 2.18. The third-order valence-electron chi connectivity index (χ3n) is 3.88. The lowest BCUT2D eigenvalue weighted by Gasteiger charge is -2.09. The minimum atomic E-state index is -1.68. The van der Waals surface area contributed by atoms with Crippen LogP contribution in [-0.4, -0.2) is 38.7 Å². The molecule has 0 aliphatic carbocycles. The Balaban J connectivity index is 1.57. The van der Waals surface area contributed by atoms with Crippen molar-refractivity contribution in [1.82, 2.24) is 25.1 Å². The molecule has 28 heavy (non-hydrogen) atoms. The number of carbonyl (C=O) groups is 1. The van der Waals surface area contributed by atoms with Gasteiger partial charge >= 0.3 is 0 Å². The molecule has 146 valence electrons. The molecular formula is C18H17F3N6O. The quantitative estimate of drug-likeness (QED) is 0.499. The molecular weight excluding hydrogens is 373 g/mol. The Morgan fingerprint density at radius 3 is 2.57 bits per heavy atom. The van der Waals surface area contributed by atoms with Crippen LogP contribution in [0.15, 0.2) is 30.6 Å². The van der Waals surface area contributed by atoms with Crippen molar-refractivity contribution in [2.45, 2.75) is 13.8 Å². The van der Waals surface area contributed by atoms with E-state index in [1.807, 2.05) is 19.9 Å². The molecule has 2 heterocycles. The van der Waals surface area contributed by atoms with Gasteiger partial charge in [-0.3, -0.25) is 4.79 Å². The Bertz CT molecular complexity index is 1020. The molecule has 3 rings (SSSR count). The van der Waals surface area contributed by atoms with Crippen molar-refractivity contribution < 1.29 is 18.0 Å². The first-order valence-electron chi connectivity index (χ1n) is 8.38. The predicted molar refractivity (Wildman–Crippen MR) is 95.8 cm³/mol. The van der Waals surface area contributed by atoms with Gasteiger partial charge in [-0.2, -0.15) is 5.10 Å². The van der Waals surface area contributed by atoms with Gasteiger partial charge in [0.05, 0.1) is 11.3 Å². The molecule has 0 saturated carbocycles. The van der Waals surface area contributed by atoms with Crippen molar-refractivity contribution in [3.05, 3.63) is 65.0 Å². The number of nitrogens with zero attached hydrogens (tertiary/aromatic N) is 4. The first kappa shape index (κ1) is 19.3. The van der Waals surface area contributed by atoms with Crippen LogP contribution in [0, 0.1) is 31.3 Å². The molecule has 2 N–H and O–H groups in total. The van der Waals surface area contributed by atoms with Gasteiger partial charge in [0.25, 0.3) is 5.91 Å². The van der Waals surface area contributed by atoms with Crippen molar-refractivity contribution in [3.63, 3.8) is 0 Å². The Morgan fingerprint density at radius 2 is 1.86 bits per heavy atom. The van der Waals surface area contributed by atoms with E-state index in [0.29, 0.717) is 17.7 Å². The fourth-order valence-corrected chi connectivity index (χ4v) is 2.58. The summed E-state index contributed by atoms with van der Waals surface area (Å²) in [5, 5.41) is 9.76. The third-order valence-corrected chi connectivity index (χ3v) is 3.88. The number of hydrogen-bond acceptors (Lipinski definition) is 5. The molecule has 0 radical (unpaired) electrons. The van der Waals surface area contributed by atoms with Gasteiger partial charge in [0.15, 0.2) is 23.3 Å². The second kappa shape index (κ2) is 8.07. The van der Waals surface area contributed by atoms with Gasteiger partial charge in [-0.25, -0.2) is 27.8 Å². The van der Waals surface area contributed by atoms with E-state index < -0.39 is 28.9 Å². The summed E-state index contributed by atoms with van der Waals surface area (Å²) in [7, 11) is 0. The first-order valence-corrected chi connectivity index (χ1v) is 8.38. The number of benzene rings is 1. The molecule has 1 aromatic carbocycles. The van der Waals surface area contributed by atoms with Crippen LogP contribution in [0.25, 0.3) is 5.82 Å². The maximum absolute atomic E-state index is 13.6. The summed E-state index contributed by atoms with van der Waals surface area (Å²) in [5.74, 6) is -4.30. The topological polar surface area (TPSA) is 84.7 Å². The molecule has 2 aromatic heterocycles. The molecule has 10 heteroatoms. The molecule has 3 aromatic rings. The average Bonchev–Trinajstić information content (AvgIpc) is 3.01. The minimum Gasteiger partial charge on any atom is -0.368 e. The highest BCUT2D eigenvalue weighted by atomic mass is 19.2. The van der Waals surface area contributed by atoms with E-state index >= 15 is 0 Å². The van der Waals surface area contributed by atoms with Gasteiger partial charge in [-0.15, -0.1) is 0 Å². The lowest BCUT2D eigenvalue weighted by molar-refractivity contribution is 0.0950. The minimum absolute atomic E-state index is 0.108. The van der Waals surface area contributed by atoms with E-state index in [0.717, 1.165) is 17.5 Å². The van der Waals surface area contributed by atoms with Crippen LogP contribution < -0.4 is 10.6 Å². The zero-order valence-electron chi connectivity index (χ0n) is 15.1. The molecule has 0 fully saturated rings. The zero-order chi connectivity index (χ0) is 20.3. The molecule has 0 spiro atoms. The van der Waals surface area contributed by atoms with Gasteiger partial charge < -0.3 is 10.6 Å². The molecule has 0 atom stereocenters.